The van der Waals surface area contributed by atoms with Crippen molar-refractivity contribution in [2.75, 3.05) is 6.54 Å². The molecule has 102 valence electrons. The lowest BCUT2D eigenvalue weighted by molar-refractivity contribution is 0.00405. The van der Waals surface area contributed by atoms with Gasteiger partial charge in [-0.15, -0.1) is 0 Å². The molecule has 0 amide bonds. The van der Waals surface area contributed by atoms with Crippen molar-refractivity contribution in [3.63, 3.8) is 0 Å². The lowest BCUT2D eigenvalue weighted by Crippen LogP contribution is -2.39. The first-order chi connectivity index (χ1) is 8.28. The number of nitrogens with one attached hydrogen (secondary N) is 1. The quantitative estimate of drug-likeness (QED) is 0.865. The first-order valence-electron chi connectivity index (χ1n) is 6.44. The van der Waals surface area contributed by atoms with Crippen LogP contribution < -0.4 is 5.32 Å². The van der Waals surface area contributed by atoms with Crippen molar-refractivity contribution in [2.24, 2.45) is 0 Å². The Labute approximate surface area is 116 Å². The zero-order valence-electron chi connectivity index (χ0n) is 12.0. The van der Waals surface area contributed by atoms with Crippen molar-refractivity contribution in [3.05, 3.63) is 34.9 Å². The maximum atomic E-state index is 5.97. The second-order valence-electron chi connectivity index (χ2n) is 5.86. The van der Waals surface area contributed by atoms with Crippen LogP contribution in [0.25, 0.3) is 0 Å². The molecule has 0 spiro atoms. The smallest absolute Gasteiger partial charge is 0.0952 e. The van der Waals surface area contributed by atoms with E-state index in [9.17, 15) is 0 Å². The van der Waals surface area contributed by atoms with Crippen LogP contribution in [0.5, 0.6) is 0 Å². The summed E-state index contributed by atoms with van der Waals surface area (Å²) >= 11 is 5.92. The monoisotopic (exact) mass is 269 g/mol. The van der Waals surface area contributed by atoms with Gasteiger partial charge in [0.05, 0.1) is 12.2 Å². The van der Waals surface area contributed by atoms with Crippen molar-refractivity contribution in [1.29, 1.82) is 0 Å². The summed E-state index contributed by atoms with van der Waals surface area (Å²) < 4.78 is 5.97. The fraction of sp³-hybridized carbons (Fsp3) is 0.600. The van der Waals surface area contributed by atoms with E-state index in [1.165, 1.54) is 0 Å². The van der Waals surface area contributed by atoms with Crippen molar-refractivity contribution < 1.29 is 4.74 Å². The first-order valence-corrected chi connectivity index (χ1v) is 6.81. The Bertz CT molecular complexity index is 354. The fourth-order valence-corrected chi connectivity index (χ4v) is 1.78. The van der Waals surface area contributed by atoms with Crippen LogP contribution in [0.15, 0.2) is 24.3 Å². The standard InChI is InChI=1S/C15H24ClNO/c1-11(2)18-14(10-17-15(3,4)5)12-6-8-13(16)9-7-12/h6-9,11,14,17H,10H2,1-5H3. The van der Waals surface area contributed by atoms with Gasteiger partial charge < -0.3 is 10.1 Å². The van der Waals surface area contributed by atoms with Gasteiger partial charge in [0.15, 0.2) is 0 Å². The van der Waals surface area contributed by atoms with Crippen LogP contribution in [0.1, 0.15) is 46.3 Å². The highest BCUT2D eigenvalue weighted by Crippen LogP contribution is 2.21. The van der Waals surface area contributed by atoms with Crippen LogP contribution in [-0.4, -0.2) is 18.2 Å². The Kier molecular flexibility index (Phi) is 5.64. The highest BCUT2D eigenvalue weighted by molar-refractivity contribution is 6.30. The van der Waals surface area contributed by atoms with Crippen molar-refractivity contribution in [3.8, 4) is 0 Å². The van der Waals surface area contributed by atoms with E-state index in [0.29, 0.717) is 0 Å². The molecule has 0 fully saturated rings. The maximum Gasteiger partial charge on any atom is 0.0952 e. The van der Waals surface area contributed by atoms with E-state index in [4.69, 9.17) is 16.3 Å². The topological polar surface area (TPSA) is 21.3 Å². The molecule has 1 rings (SSSR count). The third kappa shape index (κ3) is 5.85. The molecule has 0 radical (unpaired) electrons. The van der Waals surface area contributed by atoms with Gasteiger partial charge in [-0.05, 0) is 52.3 Å². The lowest BCUT2D eigenvalue weighted by Gasteiger charge is -2.27. The van der Waals surface area contributed by atoms with Gasteiger partial charge in [-0.1, -0.05) is 23.7 Å². The summed E-state index contributed by atoms with van der Waals surface area (Å²) in [6, 6.07) is 7.87. The molecule has 0 bridgehead atoms. The van der Waals surface area contributed by atoms with Crippen LogP contribution in [0, 0.1) is 0 Å². The summed E-state index contributed by atoms with van der Waals surface area (Å²) in [5, 5.41) is 4.24. The molecule has 1 atom stereocenters. The molecular weight excluding hydrogens is 246 g/mol. The molecule has 0 heterocycles. The average Bonchev–Trinajstić information content (AvgIpc) is 2.24. The van der Waals surface area contributed by atoms with Crippen molar-refractivity contribution >= 4 is 11.6 Å². The van der Waals surface area contributed by atoms with Crippen molar-refractivity contribution in [2.45, 2.75) is 52.4 Å². The SMILES string of the molecule is CC(C)OC(CNC(C)(C)C)c1ccc(Cl)cc1. The molecule has 18 heavy (non-hydrogen) atoms. The lowest BCUT2D eigenvalue weighted by atomic mass is 10.1. The predicted octanol–water partition coefficient (Wildman–Crippen LogP) is 4.19. The summed E-state index contributed by atoms with van der Waals surface area (Å²) in [7, 11) is 0. The van der Waals surface area contributed by atoms with Crippen LogP contribution in [0.3, 0.4) is 0 Å². The normalized spacial score (nSPS) is 13.9. The highest BCUT2D eigenvalue weighted by Gasteiger charge is 2.17. The van der Waals surface area contributed by atoms with E-state index < -0.39 is 0 Å². The second-order valence-corrected chi connectivity index (χ2v) is 6.29. The zero-order chi connectivity index (χ0) is 13.8. The summed E-state index contributed by atoms with van der Waals surface area (Å²) in [5.41, 5.74) is 1.25. The van der Waals surface area contributed by atoms with E-state index in [2.05, 4.69) is 39.9 Å². The van der Waals surface area contributed by atoms with Crippen LogP contribution in [0.2, 0.25) is 5.02 Å². The maximum absolute atomic E-state index is 5.97. The van der Waals surface area contributed by atoms with E-state index >= 15 is 0 Å². The molecule has 0 saturated carbocycles. The molecule has 1 aromatic carbocycles. The Morgan fingerprint density at radius 2 is 1.72 bits per heavy atom. The molecule has 0 aliphatic rings. The Hall–Kier alpha value is -0.570. The minimum absolute atomic E-state index is 0.0569. The minimum atomic E-state index is 0.0569. The number of hydrogen-bond donors (Lipinski definition) is 1. The van der Waals surface area contributed by atoms with Gasteiger partial charge in [0.2, 0.25) is 0 Å². The molecule has 1 aromatic rings. The van der Waals surface area contributed by atoms with Crippen LogP contribution >= 0.6 is 11.6 Å². The Morgan fingerprint density at radius 1 is 1.17 bits per heavy atom. The first kappa shape index (κ1) is 15.5. The largest absolute Gasteiger partial charge is 0.370 e. The third-order valence-electron chi connectivity index (χ3n) is 2.50. The Balaban J connectivity index is 2.74. The number of hydrogen-bond acceptors (Lipinski definition) is 2. The summed E-state index contributed by atoms with van der Waals surface area (Å²) in [6.45, 7) is 11.4. The molecule has 0 saturated heterocycles. The predicted molar refractivity (Wildman–Crippen MR) is 78.2 cm³/mol. The number of ether oxygens (including phenoxy) is 1. The number of benzene rings is 1. The van der Waals surface area contributed by atoms with E-state index in [0.717, 1.165) is 17.1 Å². The van der Waals surface area contributed by atoms with Gasteiger partial charge in [0, 0.05) is 17.1 Å². The van der Waals surface area contributed by atoms with Gasteiger partial charge in [-0.25, -0.2) is 0 Å². The van der Waals surface area contributed by atoms with Gasteiger partial charge >= 0.3 is 0 Å². The van der Waals surface area contributed by atoms with Crippen LogP contribution in [-0.2, 0) is 4.74 Å². The fourth-order valence-electron chi connectivity index (χ4n) is 1.65. The van der Waals surface area contributed by atoms with E-state index in [1.54, 1.807) is 0 Å². The average molecular weight is 270 g/mol. The summed E-state index contributed by atoms with van der Waals surface area (Å²) in [6.07, 6.45) is 0.258. The molecule has 1 N–H and O–H groups in total. The zero-order valence-corrected chi connectivity index (χ0v) is 12.7. The van der Waals surface area contributed by atoms with E-state index in [1.807, 2.05) is 24.3 Å². The van der Waals surface area contributed by atoms with Gasteiger partial charge in [-0.3, -0.25) is 0 Å². The second kappa shape index (κ2) is 6.55. The third-order valence-corrected chi connectivity index (χ3v) is 2.75. The van der Waals surface area contributed by atoms with E-state index in [-0.39, 0.29) is 17.7 Å². The summed E-state index contributed by atoms with van der Waals surface area (Å²) in [4.78, 5) is 0. The highest BCUT2D eigenvalue weighted by atomic mass is 35.5. The summed E-state index contributed by atoms with van der Waals surface area (Å²) in [5.74, 6) is 0. The molecule has 3 heteroatoms. The molecule has 1 unspecified atom stereocenters. The van der Waals surface area contributed by atoms with Crippen LogP contribution in [0.4, 0.5) is 0 Å². The molecule has 2 nitrogen and oxygen atoms in total. The Morgan fingerprint density at radius 3 is 2.17 bits per heavy atom. The molecule has 0 aromatic heterocycles. The molecule has 0 aliphatic heterocycles. The van der Waals surface area contributed by atoms with Crippen molar-refractivity contribution in [1.82, 2.24) is 5.32 Å². The molecular formula is C15H24ClNO. The molecule has 0 aliphatic carbocycles. The number of rotatable bonds is 5. The van der Waals surface area contributed by atoms with Gasteiger partial charge in [0.1, 0.15) is 0 Å². The number of halogens is 1. The minimum Gasteiger partial charge on any atom is -0.370 e. The van der Waals surface area contributed by atoms with Gasteiger partial charge in [-0.2, -0.15) is 0 Å². The van der Waals surface area contributed by atoms with Gasteiger partial charge in [0.25, 0.3) is 0 Å².